The molecule has 0 saturated carbocycles. The summed E-state index contributed by atoms with van der Waals surface area (Å²) >= 11 is 0. The predicted octanol–water partition coefficient (Wildman–Crippen LogP) is 1.02. The molecule has 35 heavy (non-hydrogen) atoms. The van der Waals surface area contributed by atoms with Gasteiger partial charge in [0.25, 0.3) is 11.6 Å². The highest BCUT2D eigenvalue weighted by Crippen LogP contribution is 2.20. The molecule has 13 nitrogen and oxygen atoms in total. The van der Waals surface area contributed by atoms with Crippen LogP contribution in [0, 0.1) is 16.0 Å². The first-order valence-electron chi connectivity index (χ1n) is 10.9. The van der Waals surface area contributed by atoms with Gasteiger partial charge in [-0.15, -0.1) is 0 Å². The summed E-state index contributed by atoms with van der Waals surface area (Å²) < 4.78 is 0. The van der Waals surface area contributed by atoms with Gasteiger partial charge in [-0.1, -0.05) is 13.8 Å². The molecule has 0 saturated heterocycles. The monoisotopic (exact) mass is 493 g/mol. The minimum atomic E-state index is -1.34. The van der Waals surface area contributed by atoms with E-state index in [0.717, 1.165) is 0 Å². The molecule has 1 aromatic carbocycles. The van der Waals surface area contributed by atoms with Gasteiger partial charge in [0.2, 0.25) is 17.7 Å². The van der Waals surface area contributed by atoms with Gasteiger partial charge in [-0.05, 0) is 38.3 Å². The van der Waals surface area contributed by atoms with Gasteiger partial charge in [0.1, 0.15) is 12.1 Å². The molecule has 5 N–H and O–H groups in total. The van der Waals surface area contributed by atoms with Gasteiger partial charge in [0.15, 0.2) is 0 Å². The summed E-state index contributed by atoms with van der Waals surface area (Å²) in [4.78, 5) is 73.3. The Morgan fingerprint density at radius 2 is 1.60 bits per heavy atom. The zero-order valence-electron chi connectivity index (χ0n) is 20.0. The van der Waals surface area contributed by atoms with Crippen molar-refractivity contribution in [1.82, 2.24) is 10.2 Å². The summed E-state index contributed by atoms with van der Waals surface area (Å²) in [6.45, 7) is 6.25. The first kappa shape index (κ1) is 29.2. The van der Waals surface area contributed by atoms with E-state index in [1.165, 1.54) is 38.1 Å². The molecule has 1 aromatic rings. The third kappa shape index (κ3) is 9.12. The number of rotatable bonds is 12. The molecule has 192 valence electrons. The minimum absolute atomic E-state index is 0.0390. The van der Waals surface area contributed by atoms with E-state index in [2.05, 4.69) is 10.6 Å². The van der Waals surface area contributed by atoms with Crippen molar-refractivity contribution < 1.29 is 34.0 Å². The molecular formula is C22H31N5O8. The Morgan fingerprint density at radius 1 is 1.03 bits per heavy atom. The lowest BCUT2D eigenvalue weighted by Crippen LogP contribution is -2.57. The van der Waals surface area contributed by atoms with Crippen LogP contribution in [0.3, 0.4) is 0 Å². The van der Waals surface area contributed by atoms with Gasteiger partial charge < -0.3 is 21.5 Å². The number of anilines is 1. The van der Waals surface area contributed by atoms with Crippen LogP contribution < -0.4 is 16.4 Å². The minimum Gasteiger partial charge on any atom is -0.481 e. The van der Waals surface area contributed by atoms with E-state index in [-0.39, 0.29) is 23.7 Å². The molecule has 1 rings (SSSR count). The van der Waals surface area contributed by atoms with Gasteiger partial charge in [0, 0.05) is 24.2 Å². The van der Waals surface area contributed by atoms with Crippen molar-refractivity contribution >= 4 is 41.0 Å². The van der Waals surface area contributed by atoms with E-state index in [1.807, 2.05) is 0 Å². The number of hydrogen-bond donors (Lipinski definition) is 4. The molecule has 0 radical (unpaired) electrons. The lowest BCUT2D eigenvalue weighted by molar-refractivity contribution is -0.384. The SMILES string of the molecule is CC(C)C[C@@H](C(=O)Nc1ccc([N+](=O)[O-])cc1)N(C(=O)CCC(=O)O)C(=O)[C@H](C)NC(=O)[C@H](C)N. The molecule has 0 spiro atoms. The second-order valence-corrected chi connectivity index (χ2v) is 8.45. The van der Waals surface area contributed by atoms with Crippen LogP contribution in [0.4, 0.5) is 11.4 Å². The normalized spacial score (nSPS) is 13.3. The highest BCUT2D eigenvalue weighted by atomic mass is 16.6. The number of carboxylic acids is 1. The average Bonchev–Trinajstić information content (AvgIpc) is 2.76. The van der Waals surface area contributed by atoms with Crippen LogP contribution in [0.5, 0.6) is 0 Å². The van der Waals surface area contributed by atoms with Gasteiger partial charge in [0.05, 0.1) is 17.4 Å². The number of nitrogens with one attached hydrogen (secondary N) is 2. The van der Waals surface area contributed by atoms with Crippen molar-refractivity contribution in [2.75, 3.05) is 5.32 Å². The van der Waals surface area contributed by atoms with E-state index in [0.29, 0.717) is 4.90 Å². The van der Waals surface area contributed by atoms with Crippen molar-refractivity contribution in [2.24, 2.45) is 11.7 Å². The van der Waals surface area contributed by atoms with E-state index in [9.17, 15) is 34.1 Å². The number of non-ortho nitro benzene ring substituents is 1. The lowest BCUT2D eigenvalue weighted by atomic mass is 9.99. The van der Waals surface area contributed by atoms with Crippen molar-refractivity contribution in [3.63, 3.8) is 0 Å². The summed E-state index contributed by atoms with van der Waals surface area (Å²) in [5.41, 5.74) is 5.51. The van der Waals surface area contributed by atoms with Crippen molar-refractivity contribution in [3.8, 4) is 0 Å². The highest BCUT2D eigenvalue weighted by molar-refractivity contribution is 6.06. The number of amides is 4. The van der Waals surface area contributed by atoms with Gasteiger partial charge in [-0.2, -0.15) is 0 Å². The number of aliphatic carboxylic acids is 1. The Hall–Kier alpha value is -3.87. The number of benzene rings is 1. The Balaban J connectivity index is 3.32. The lowest BCUT2D eigenvalue weighted by Gasteiger charge is -2.32. The van der Waals surface area contributed by atoms with Crippen LogP contribution in [0.2, 0.25) is 0 Å². The number of imide groups is 1. The van der Waals surface area contributed by atoms with Crippen LogP contribution in [-0.2, 0) is 24.0 Å². The smallest absolute Gasteiger partial charge is 0.303 e. The zero-order chi connectivity index (χ0) is 26.9. The fraction of sp³-hybridized carbons (Fsp3) is 0.500. The Labute approximate surface area is 202 Å². The van der Waals surface area contributed by atoms with Crippen molar-refractivity contribution in [2.45, 2.75) is 65.1 Å². The van der Waals surface area contributed by atoms with E-state index < -0.39 is 65.5 Å². The number of nitrogens with two attached hydrogens (primary N) is 1. The summed E-state index contributed by atoms with van der Waals surface area (Å²) in [5.74, 6) is -4.64. The number of hydrogen-bond acceptors (Lipinski definition) is 8. The fourth-order valence-electron chi connectivity index (χ4n) is 3.07. The molecule has 0 heterocycles. The van der Waals surface area contributed by atoms with E-state index >= 15 is 0 Å². The number of carbonyl (C=O) groups excluding carboxylic acids is 4. The summed E-state index contributed by atoms with van der Waals surface area (Å²) in [7, 11) is 0. The molecule has 0 aliphatic heterocycles. The first-order valence-corrected chi connectivity index (χ1v) is 10.9. The molecule has 0 fully saturated rings. The van der Waals surface area contributed by atoms with E-state index in [1.54, 1.807) is 13.8 Å². The third-order valence-electron chi connectivity index (χ3n) is 4.86. The van der Waals surface area contributed by atoms with Gasteiger partial charge in [-0.25, -0.2) is 0 Å². The van der Waals surface area contributed by atoms with Gasteiger partial charge >= 0.3 is 5.97 Å². The zero-order valence-corrected chi connectivity index (χ0v) is 20.0. The Kier molecular flexibility index (Phi) is 10.9. The fourth-order valence-corrected chi connectivity index (χ4v) is 3.07. The predicted molar refractivity (Wildman–Crippen MR) is 125 cm³/mol. The van der Waals surface area contributed by atoms with Crippen LogP contribution in [-0.4, -0.2) is 62.7 Å². The summed E-state index contributed by atoms with van der Waals surface area (Å²) in [6, 6.07) is 1.45. The third-order valence-corrected chi connectivity index (χ3v) is 4.86. The Morgan fingerprint density at radius 3 is 2.06 bits per heavy atom. The number of carboxylic acid groups (broad SMARTS) is 1. The molecule has 4 amide bonds. The highest BCUT2D eigenvalue weighted by Gasteiger charge is 2.37. The maximum absolute atomic E-state index is 13.2. The topological polar surface area (TPSA) is 202 Å². The molecule has 3 atom stereocenters. The number of nitro benzene ring substituents is 1. The summed E-state index contributed by atoms with van der Waals surface area (Å²) in [6.07, 6.45) is -1.08. The second-order valence-electron chi connectivity index (χ2n) is 8.45. The average molecular weight is 494 g/mol. The number of nitrogens with zero attached hydrogens (tertiary/aromatic N) is 2. The molecule has 0 aliphatic carbocycles. The summed E-state index contributed by atoms with van der Waals surface area (Å²) in [5, 5.41) is 24.7. The van der Waals surface area contributed by atoms with Crippen molar-refractivity contribution in [1.29, 1.82) is 0 Å². The van der Waals surface area contributed by atoms with Crippen LogP contribution in [0.25, 0.3) is 0 Å². The Bertz CT molecular complexity index is 961. The van der Waals surface area contributed by atoms with Gasteiger partial charge in [-0.3, -0.25) is 39.0 Å². The maximum atomic E-state index is 13.2. The van der Waals surface area contributed by atoms with Crippen LogP contribution in [0.15, 0.2) is 24.3 Å². The molecule has 0 aliphatic rings. The molecule has 0 bridgehead atoms. The molecular weight excluding hydrogens is 462 g/mol. The van der Waals surface area contributed by atoms with Crippen LogP contribution in [0.1, 0.15) is 47.0 Å². The van der Waals surface area contributed by atoms with Crippen LogP contribution >= 0.6 is 0 Å². The molecule has 0 unspecified atom stereocenters. The van der Waals surface area contributed by atoms with Crippen molar-refractivity contribution in [3.05, 3.63) is 34.4 Å². The standard InChI is InChI=1S/C22H31N5O8/c1-12(2)11-17(21(32)25-15-5-7-16(8-6-15)27(34)35)26(18(28)9-10-19(29)30)22(33)14(4)24-20(31)13(3)23/h5-8,12-14,17H,9-11,23H2,1-4H3,(H,24,31)(H,25,32)(H,29,30)/t13-,14-,17-/m0/s1. The largest absolute Gasteiger partial charge is 0.481 e. The molecule has 0 aromatic heterocycles. The maximum Gasteiger partial charge on any atom is 0.303 e. The van der Waals surface area contributed by atoms with E-state index in [4.69, 9.17) is 10.8 Å². The number of nitro groups is 1. The number of carbonyl (C=O) groups is 5. The first-order chi connectivity index (χ1) is 16.2. The quantitative estimate of drug-likeness (QED) is 0.242. The molecule has 13 heteroatoms. The second kappa shape index (κ2) is 13.1.